The minimum Gasteiger partial charge on any atom is -0.362 e. The van der Waals surface area contributed by atoms with E-state index in [9.17, 15) is 8.42 Å². The SMILES string of the molecule is [CH2]c1ccc(OS(=O)(=O)O)cc1. The van der Waals surface area contributed by atoms with Crippen LogP contribution in [0.15, 0.2) is 24.3 Å². The summed E-state index contributed by atoms with van der Waals surface area (Å²) in [7, 11) is -4.41. The molecule has 0 aliphatic rings. The van der Waals surface area contributed by atoms with Gasteiger partial charge in [-0.05, 0) is 24.6 Å². The van der Waals surface area contributed by atoms with E-state index in [1.807, 2.05) is 0 Å². The summed E-state index contributed by atoms with van der Waals surface area (Å²) in [5, 5.41) is 0. The lowest BCUT2D eigenvalue weighted by atomic mass is 10.2. The molecule has 0 saturated carbocycles. The fraction of sp³-hybridized carbons (Fsp3) is 0. The summed E-state index contributed by atoms with van der Waals surface area (Å²) < 4.78 is 32.8. The number of hydrogen-bond acceptors (Lipinski definition) is 3. The molecule has 1 radical (unpaired) electrons. The standard InChI is InChI=1S/C7H7O4S/c1-6-2-4-7(5-3-6)11-12(8,9)10/h2-5H,1H2,(H,8,9,10). The summed E-state index contributed by atoms with van der Waals surface area (Å²) in [6, 6.07) is 5.94. The number of hydrogen-bond donors (Lipinski definition) is 1. The monoisotopic (exact) mass is 187 g/mol. The van der Waals surface area contributed by atoms with Crippen LogP contribution in [0.1, 0.15) is 5.56 Å². The van der Waals surface area contributed by atoms with Gasteiger partial charge in [-0.15, -0.1) is 0 Å². The van der Waals surface area contributed by atoms with Crippen molar-refractivity contribution < 1.29 is 17.2 Å². The molecular weight excluding hydrogens is 180 g/mol. The first-order chi connectivity index (χ1) is 5.47. The molecule has 0 atom stereocenters. The first-order valence-corrected chi connectivity index (χ1v) is 4.43. The van der Waals surface area contributed by atoms with E-state index in [1.54, 1.807) is 12.1 Å². The number of rotatable bonds is 2. The van der Waals surface area contributed by atoms with Crippen LogP contribution in [0.3, 0.4) is 0 Å². The molecule has 5 heteroatoms. The maximum absolute atomic E-state index is 10.2. The topological polar surface area (TPSA) is 63.6 Å². The molecule has 12 heavy (non-hydrogen) atoms. The quantitative estimate of drug-likeness (QED) is 0.703. The zero-order chi connectivity index (χ0) is 9.19. The zero-order valence-corrected chi connectivity index (χ0v) is 6.91. The Bertz CT molecular complexity index is 351. The highest BCUT2D eigenvalue weighted by atomic mass is 32.3. The zero-order valence-electron chi connectivity index (χ0n) is 6.10. The lowest BCUT2D eigenvalue weighted by molar-refractivity contribution is 0.387. The predicted molar refractivity (Wildman–Crippen MR) is 43.1 cm³/mol. The lowest BCUT2D eigenvalue weighted by Crippen LogP contribution is -2.06. The van der Waals surface area contributed by atoms with Gasteiger partial charge in [-0.3, -0.25) is 4.55 Å². The molecule has 0 fully saturated rings. The van der Waals surface area contributed by atoms with E-state index in [1.165, 1.54) is 12.1 Å². The van der Waals surface area contributed by atoms with Gasteiger partial charge in [0.15, 0.2) is 0 Å². The van der Waals surface area contributed by atoms with Crippen molar-refractivity contribution in [2.24, 2.45) is 0 Å². The second kappa shape index (κ2) is 3.12. The second-order valence-corrected chi connectivity index (χ2v) is 3.18. The van der Waals surface area contributed by atoms with Gasteiger partial charge in [0.1, 0.15) is 5.75 Å². The van der Waals surface area contributed by atoms with Crippen LogP contribution in [0.2, 0.25) is 0 Å². The number of benzene rings is 1. The fourth-order valence-corrected chi connectivity index (χ4v) is 1.02. The molecule has 0 bridgehead atoms. The molecule has 0 saturated heterocycles. The molecule has 65 valence electrons. The summed E-state index contributed by atoms with van der Waals surface area (Å²) in [5.41, 5.74) is 0.734. The second-order valence-electron chi connectivity index (χ2n) is 2.16. The highest BCUT2D eigenvalue weighted by molar-refractivity contribution is 7.81. The maximum Gasteiger partial charge on any atom is 0.446 e. The first kappa shape index (κ1) is 9.02. The van der Waals surface area contributed by atoms with E-state index in [0.29, 0.717) is 0 Å². The molecular formula is C7H7O4S. The van der Waals surface area contributed by atoms with E-state index in [4.69, 9.17) is 4.55 Å². The Labute approximate surface area is 70.7 Å². The van der Waals surface area contributed by atoms with Gasteiger partial charge in [0.05, 0.1) is 0 Å². The average molecular weight is 187 g/mol. The molecule has 0 aromatic heterocycles. The highest BCUT2D eigenvalue weighted by Crippen LogP contribution is 2.12. The van der Waals surface area contributed by atoms with Gasteiger partial charge in [0.25, 0.3) is 0 Å². The molecule has 0 spiro atoms. The van der Waals surface area contributed by atoms with E-state index >= 15 is 0 Å². The van der Waals surface area contributed by atoms with Crippen molar-refractivity contribution in [3.63, 3.8) is 0 Å². The fourth-order valence-electron chi connectivity index (χ4n) is 0.667. The lowest BCUT2D eigenvalue weighted by Gasteiger charge is -2.00. The molecule has 0 unspecified atom stereocenters. The maximum atomic E-state index is 10.2. The van der Waals surface area contributed by atoms with Crippen LogP contribution in [0.4, 0.5) is 0 Å². The first-order valence-electron chi connectivity index (χ1n) is 3.06. The van der Waals surface area contributed by atoms with Gasteiger partial charge in [0, 0.05) is 0 Å². The molecule has 4 nitrogen and oxygen atoms in total. The van der Waals surface area contributed by atoms with Crippen molar-refractivity contribution >= 4 is 10.4 Å². The van der Waals surface area contributed by atoms with Crippen LogP contribution in [0.25, 0.3) is 0 Å². The summed E-state index contributed by atoms with van der Waals surface area (Å²) in [4.78, 5) is 0. The Morgan fingerprint density at radius 2 is 1.75 bits per heavy atom. The Morgan fingerprint density at radius 3 is 2.17 bits per heavy atom. The van der Waals surface area contributed by atoms with E-state index < -0.39 is 10.4 Å². The van der Waals surface area contributed by atoms with Crippen molar-refractivity contribution in [3.05, 3.63) is 36.8 Å². The third-order valence-electron chi connectivity index (χ3n) is 1.12. The van der Waals surface area contributed by atoms with Gasteiger partial charge in [-0.25, -0.2) is 0 Å². The summed E-state index contributed by atoms with van der Waals surface area (Å²) >= 11 is 0. The Hall–Kier alpha value is -1.07. The molecule has 1 rings (SSSR count). The van der Waals surface area contributed by atoms with Crippen molar-refractivity contribution in [1.29, 1.82) is 0 Å². The third-order valence-corrected chi connectivity index (χ3v) is 1.53. The van der Waals surface area contributed by atoms with Gasteiger partial charge in [-0.1, -0.05) is 12.1 Å². The average Bonchev–Trinajstić information content (AvgIpc) is 1.91. The predicted octanol–water partition coefficient (Wildman–Crippen LogP) is 1.05. The van der Waals surface area contributed by atoms with Crippen LogP contribution >= 0.6 is 0 Å². The Balaban J connectivity index is 2.85. The van der Waals surface area contributed by atoms with Crippen molar-refractivity contribution in [2.45, 2.75) is 0 Å². The highest BCUT2D eigenvalue weighted by Gasteiger charge is 2.05. The van der Waals surface area contributed by atoms with Crippen molar-refractivity contribution in [1.82, 2.24) is 0 Å². The van der Waals surface area contributed by atoms with E-state index in [-0.39, 0.29) is 5.75 Å². The van der Waals surface area contributed by atoms with Crippen LogP contribution in [-0.4, -0.2) is 13.0 Å². The third kappa shape index (κ3) is 2.89. The minimum absolute atomic E-state index is 0.0601. The molecule has 1 aromatic rings. The van der Waals surface area contributed by atoms with Gasteiger partial charge >= 0.3 is 10.4 Å². The summed E-state index contributed by atoms with van der Waals surface area (Å²) in [5.74, 6) is 0.0601. The van der Waals surface area contributed by atoms with Gasteiger partial charge < -0.3 is 4.18 Å². The van der Waals surface area contributed by atoms with E-state index in [0.717, 1.165) is 5.56 Å². The summed E-state index contributed by atoms with van der Waals surface area (Å²) in [6.45, 7) is 3.59. The minimum atomic E-state index is -4.41. The Morgan fingerprint density at radius 1 is 1.25 bits per heavy atom. The van der Waals surface area contributed by atoms with Crippen LogP contribution in [0.5, 0.6) is 5.75 Å². The van der Waals surface area contributed by atoms with E-state index in [2.05, 4.69) is 11.1 Å². The van der Waals surface area contributed by atoms with Gasteiger partial charge in [0.2, 0.25) is 0 Å². The van der Waals surface area contributed by atoms with Crippen LogP contribution < -0.4 is 4.18 Å². The molecule has 1 N–H and O–H groups in total. The molecule has 1 aromatic carbocycles. The molecule has 0 amide bonds. The normalized spacial score (nSPS) is 11.2. The van der Waals surface area contributed by atoms with Crippen molar-refractivity contribution in [2.75, 3.05) is 0 Å². The Kier molecular flexibility index (Phi) is 2.35. The smallest absolute Gasteiger partial charge is 0.362 e. The van der Waals surface area contributed by atoms with Crippen LogP contribution in [0, 0.1) is 6.92 Å². The molecule has 0 aliphatic heterocycles. The largest absolute Gasteiger partial charge is 0.446 e. The molecule has 0 heterocycles. The van der Waals surface area contributed by atoms with Crippen molar-refractivity contribution in [3.8, 4) is 5.75 Å². The van der Waals surface area contributed by atoms with Crippen LogP contribution in [-0.2, 0) is 10.4 Å². The molecule has 0 aliphatic carbocycles. The van der Waals surface area contributed by atoms with Gasteiger partial charge in [-0.2, -0.15) is 8.42 Å². The summed E-state index contributed by atoms with van der Waals surface area (Å²) in [6.07, 6.45) is 0.